The summed E-state index contributed by atoms with van der Waals surface area (Å²) in [4.78, 5) is 25.0. The first kappa shape index (κ1) is 15.4. The standard InChI is InChI=1S/C16H22N2O3/c1-11-9-13(5-6-14(11)17)16(21)18-8-2-3-12(10-18)4-7-15(19)20/h5-6,9,12H,2-4,7-8,10,17H2,1H3,(H,19,20). The third-order valence-corrected chi connectivity index (χ3v) is 4.09. The third-order valence-electron chi connectivity index (χ3n) is 4.09. The van der Waals surface area contributed by atoms with E-state index in [-0.39, 0.29) is 18.2 Å². The molecule has 1 amide bonds. The van der Waals surface area contributed by atoms with Crippen LogP contribution in [0.1, 0.15) is 41.6 Å². The van der Waals surface area contributed by atoms with Crippen molar-refractivity contribution in [3.63, 3.8) is 0 Å². The summed E-state index contributed by atoms with van der Waals surface area (Å²) in [5.74, 6) is -0.473. The highest BCUT2D eigenvalue weighted by molar-refractivity contribution is 5.95. The van der Waals surface area contributed by atoms with Gasteiger partial charge in [-0.3, -0.25) is 9.59 Å². The Morgan fingerprint density at radius 2 is 2.19 bits per heavy atom. The molecule has 0 bridgehead atoms. The number of nitrogen functional groups attached to an aromatic ring is 1. The number of piperidine rings is 1. The summed E-state index contributed by atoms with van der Waals surface area (Å²) in [7, 11) is 0. The highest BCUT2D eigenvalue weighted by atomic mass is 16.4. The van der Waals surface area contributed by atoms with Gasteiger partial charge in [0.15, 0.2) is 0 Å². The van der Waals surface area contributed by atoms with Gasteiger partial charge in [0, 0.05) is 30.8 Å². The van der Waals surface area contributed by atoms with Gasteiger partial charge in [-0.05, 0) is 55.9 Å². The van der Waals surface area contributed by atoms with Gasteiger partial charge < -0.3 is 15.7 Å². The molecule has 0 aromatic heterocycles. The number of nitrogens with zero attached hydrogens (tertiary/aromatic N) is 1. The number of anilines is 1. The average Bonchev–Trinajstić information content (AvgIpc) is 2.47. The van der Waals surface area contributed by atoms with Crippen LogP contribution in [-0.4, -0.2) is 35.0 Å². The Morgan fingerprint density at radius 3 is 2.86 bits per heavy atom. The van der Waals surface area contributed by atoms with Crippen molar-refractivity contribution >= 4 is 17.6 Å². The van der Waals surface area contributed by atoms with Gasteiger partial charge in [0.25, 0.3) is 5.91 Å². The number of amides is 1. The van der Waals surface area contributed by atoms with Crippen molar-refractivity contribution in [2.45, 2.75) is 32.6 Å². The van der Waals surface area contributed by atoms with E-state index < -0.39 is 5.97 Å². The number of aliphatic carboxylic acids is 1. The second-order valence-corrected chi connectivity index (χ2v) is 5.76. The van der Waals surface area contributed by atoms with Gasteiger partial charge in [0.1, 0.15) is 0 Å². The van der Waals surface area contributed by atoms with Crippen LogP contribution in [0.4, 0.5) is 5.69 Å². The van der Waals surface area contributed by atoms with E-state index in [1.807, 2.05) is 17.9 Å². The Labute approximate surface area is 124 Å². The molecule has 1 atom stereocenters. The van der Waals surface area contributed by atoms with Crippen molar-refractivity contribution in [2.75, 3.05) is 18.8 Å². The molecule has 5 heteroatoms. The maximum atomic E-state index is 12.5. The molecule has 0 aliphatic carbocycles. The van der Waals surface area contributed by atoms with Crippen molar-refractivity contribution in [3.8, 4) is 0 Å². The smallest absolute Gasteiger partial charge is 0.303 e. The summed E-state index contributed by atoms with van der Waals surface area (Å²) in [5, 5.41) is 8.76. The number of hydrogen-bond donors (Lipinski definition) is 2. The van der Waals surface area contributed by atoms with Crippen LogP contribution < -0.4 is 5.73 Å². The Hall–Kier alpha value is -2.04. The molecule has 0 spiro atoms. The Morgan fingerprint density at radius 1 is 1.43 bits per heavy atom. The van der Waals surface area contributed by atoms with Crippen LogP contribution in [0.15, 0.2) is 18.2 Å². The molecule has 1 saturated heterocycles. The zero-order valence-corrected chi connectivity index (χ0v) is 12.3. The summed E-state index contributed by atoms with van der Waals surface area (Å²) in [5.41, 5.74) is 8.02. The van der Waals surface area contributed by atoms with E-state index in [0.717, 1.165) is 24.9 Å². The Kier molecular flexibility index (Phi) is 4.83. The minimum atomic E-state index is -0.771. The van der Waals surface area contributed by atoms with Gasteiger partial charge in [0.05, 0.1) is 0 Å². The predicted octanol–water partition coefficient (Wildman–Crippen LogP) is 2.29. The lowest BCUT2D eigenvalue weighted by Gasteiger charge is -2.32. The highest BCUT2D eigenvalue weighted by Crippen LogP contribution is 2.23. The number of aryl methyl sites for hydroxylation is 1. The summed E-state index contributed by atoms with van der Waals surface area (Å²) >= 11 is 0. The maximum Gasteiger partial charge on any atom is 0.303 e. The lowest BCUT2D eigenvalue weighted by molar-refractivity contribution is -0.137. The minimum absolute atomic E-state index is 0.0122. The fourth-order valence-electron chi connectivity index (χ4n) is 2.80. The molecule has 3 N–H and O–H groups in total. The molecule has 21 heavy (non-hydrogen) atoms. The van der Waals surface area contributed by atoms with Crippen molar-refractivity contribution in [2.24, 2.45) is 5.92 Å². The largest absolute Gasteiger partial charge is 0.481 e. The number of rotatable bonds is 4. The van der Waals surface area contributed by atoms with Gasteiger partial charge >= 0.3 is 5.97 Å². The molecule has 114 valence electrons. The third kappa shape index (κ3) is 3.97. The second kappa shape index (κ2) is 6.61. The van der Waals surface area contributed by atoms with Crippen molar-refractivity contribution in [1.29, 1.82) is 0 Å². The summed E-state index contributed by atoms with van der Waals surface area (Å²) < 4.78 is 0. The number of carbonyl (C=O) groups excluding carboxylic acids is 1. The Bertz CT molecular complexity index is 542. The molecular formula is C16H22N2O3. The molecule has 0 radical (unpaired) electrons. The number of carboxylic acid groups (broad SMARTS) is 1. The van der Waals surface area contributed by atoms with Crippen LogP contribution in [0.5, 0.6) is 0 Å². The lowest BCUT2D eigenvalue weighted by atomic mass is 9.93. The molecule has 0 saturated carbocycles. The van der Waals surface area contributed by atoms with Crippen molar-refractivity contribution < 1.29 is 14.7 Å². The van der Waals surface area contributed by atoms with Gasteiger partial charge in [-0.15, -0.1) is 0 Å². The van der Waals surface area contributed by atoms with E-state index in [4.69, 9.17) is 10.8 Å². The van der Waals surface area contributed by atoms with Crippen molar-refractivity contribution in [3.05, 3.63) is 29.3 Å². The van der Waals surface area contributed by atoms with Gasteiger partial charge in [-0.1, -0.05) is 0 Å². The van der Waals surface area contributed by atoms with Crippen LogP contribution in [0, 0.1) is 12.8 Å². The number of carbonyl (C=O) groups is 2. The van der Waals surface area contributed by atoms with Crippen molar-refractivity contribution in [1.82, 2.24) is 4.90 Å². The Balaban J connectivity index is 2.01. The topological polar surface area (TPSA) is 83.6 Å². The molecule has 5 nitrogen and oxygen atoms in total. The molecule has 1 heterocycles. The van der Waals surface area contributed by atoms with Crippen LogP contribution in [-0.2, 0) is 4.79 Å². The van der Waals surface area contributed by atoms with E-state index in [0.29, 0.717) is 24.2 Å². The number of nitrogens with two attached hydrogens (primary N) is 1. The normalized spacial score (nSPS) is 18.5. The van der Waals surface area contributed by atoms with Gasteiger partial charge in [0.2, 0.25) is 0 Å². The summed E-state index contributed by atoms with van der Waals surface area (Å²) in [6.45, 7) is 3.28. The SMILES string of the molecule is Cc1cc(C(=O)N2CCCC(CCC(=O)O)C2)ccc1N. The van der Waals surface area contributed by atoms with E-state index >= 15 is 0 Å². The molecule has 1 aromatic rings. The van der Waals surface area contributed by atoms with Crippen LogP contribution >= 0.6 is 0 Å². The monoisotopic (exact) mass is 290 g/mol. The highest BCUT2D eigenvalue weighted by Gasteiger charge is 2.24. The summed E-state index contributed by atoms with van der Waals surface area (Å²) in [6, 6.07) is 5.33. The molecule has 2 rings (SSSR count). The zero-order valence-electron chi connectivity index (χ0n) is 12.3. The molecule has 1 aliphatic rings. The lowest BCUT2D eigenvalue weighted by Crippen LogP contribution is -2.40. The fraction of sp³-hybridized carbons (Fsp3) is 0.500. The first-order chi connectivity index (χ1) is 9.97. The number of likely N-dealkylation sites (tertiary alicyclic amines) is 1. The van der Waals surface area contributed by atoms with E-state index in [2.05, 4.69) is 0 Å². The van der Waals surface area contributed by atoms with Gasteiger partial charge in [-0.2, -0.15) is 0 Å². The number of carboxylic acids is 1. The first-order valence-corrected chi connectivity index (χ1v) is 7.34. The predicted molar refractivity (Wildman–Crippen MR) is 81.1 cm³/mol. The quantitative estimate of drug-likeness (QED) is 0.833. The van der Waals surface area contributed by atoms with Gasteiger partial charge in [-0.25, -0.2) is 0 Å². The van der Waals surface area contributed by atoms with E-state index in [9.17, 15) is 9.59 Å². The average molecular weight is 290 g/mol. The maximum absolute atomic E-state index is 12.5. The molecule has 1 aliphatic heterocycles. The van der Waals surface area contributed by atoms with Crippen LogP contribution in [0.3, 0.4) is 0 Å². The molecule has 1 aromatic carbocycles. The second-order valence-electron chi connectivity index (χ2n) is 5.76. The minimum Gasteiger partial charge on any atom is -0.481 e. The molecule has 1 fully saturated rings. The van der Waals surface area contributed by atoms with Crippen LogP contribution in [0.2, 0.25) is 0 Å². The molecular weight excluding hydrogens is 268 g/mol. The molecule has 1 unspecified atom stereocenters. The fourth-order valence-corrected chi connectivity index (χ4v) is 2.80. The first-order valence-electron chi connectivity index (χ1n) is 7.34. The number of hydrogen-bond acceptors (Lipinski definition) is 3. The van der Waals surface area contributed by atoms with E-state index in [1.54, 1.807) is 12.1 Å². The van der Waals surface area contributed by atoms with E-state index in [1.165, 1.54) is 0 Å². The van der Waals surface area contributed by atoms with Crippen LogP contribution in [0.25, 0.3) is 0 Å². The zero-order chi connectivity index (χ0) is 15.4. The number of benzene rings is 1. The summed E-state index contributed by atoms with van der Waals surface area (Å²) in [6.07, 6.45) is 2.75.